The van der Waals surface area contributed by atoms with Gasteiger partial charge in [-0.2, -0.15) is 13.2 Å². The minimum absolute atomic E-state index is 0.0610. The Morgan fingerprint density at radius 2 is 1.80 bits per heavy atom. The van der Waals surface area contributed by atoms with Crippen molar-refractivity contribution < 1.29 is 22.7 Å². The molecule has 2 atom stereocenters. The molecule has 44 heavy (non-hydrogen) atoms. The van der Waals surface area contributed by atoms with Crippen LogP contribution in [0.3, 0.4) is 0 Å². The number of carbonyl (C=O) groups excluding carboxylic acids is 1. The van der Waals surface area contributed by atoms with Crippen LogP contribution in [0.15, 0.2) is 102 Å². The molecule has 3 aromatic carbocycles. The fourth-order valence-electron chi connectivity index (χ4n) is 5.21. The van der Waals surface area contributed by atoms with Crippen molar-refractivity contribution in [3.8, 4) is 0 Å². The van der Waals surface area contributed by atoms with Gasteiger partial charge in [-0.3, -0.25) is 9.69 Å². The van der Waals surface area contributed by atoms with E-state index < -0.39 is 17.6 Å². The van der Waals surface area contributed by atoms with Crippen molar-refractivity contribution in [2.45, 2.75) is 39.0 Å². The van der Waals surface area contributed by atoms with Gasteiger partial charge in [-0.05, 0) is 72.9 Å². The normalized spacial score (nSPS) is 21.5. The van der Waals surface area contributed by atoms with Crippen molar-refractivity contribution in [2.24, 2.45) is 10.9 Å². The predicted molar refractivity (Wildman–Crippen MR) is 167 cm³/mol. The summed E-state index contributed by atoms with van der Waals surface area (Å²) in [6, 6.07) is 20.0. The van der Waals surface area contributed by atoms with Crippen molar-refractivity contribution in [3.63, 3.8) is 0 Å². The lowest BCUT2D eigenvalue weighted by atomic mass is 10.0. The van der Waals surface area contributed by atoms with E-state index >= 15 is 0 Å². The summed E-state index contributed by atoms with van der Waals surface area (Å²) in [5.74, 6) is 0.419. The maximum Gasteiger partial charge on any atom is 0.416 e. The summed E-state index contributed by atoms with van der Waals surface area (Å²) in [4.78, 5) is 20.1. The molecule has 0 radical (unpaired) electrons. The minimum atomic E-state index is -4.52. The zero-order chi connectivity index (χ0) is 31.1. The average Bonchev–Trinajstić information content (AvgIpc) is 3.00. The number of benzene rings is 3. The highest BCUT2D eigenvalue weighted by molar-refractivity contribution is 6.09. The van der Waals surface area contributed by atoms with Gasteiger partial charge in [0.2, 0.25) is 0 Å². The van der Waals surface area contributed by atoms with E-state index in [2.05, 4.69) is 65.0 Å². The molecule has 3 aromatic rings. The maximum absolute atomic E-state index is 13.1. The summed E-state index contributed by atoms with van der Waals surface area (Å²) in [6.45, 7) is 8.48. The molecule has 2 heterocycles. The molecule has 230 valence electrons. The van der Waals surface area contributed by atoms with E-state index in [1.165, 1.54) is 17.7 Å². The molecular weight excluding hydrogens is 565 g/mol. The van der Waals surface area contributed by atoms with Crippen molar-refractivity contribution in [2.75, 3.05) is 31.6 Å². The van der Waals surface area contributed by atoms with Crippen molar-refractivity contribution in [3.05, 3.63) is 125 Å². The van der Waals surface area contributed by atoms with Crippen LogP contribution >= 0.6 is 0 Å². The Hall–Kier alpha value is -4.21. The van der Waals surface area contributed by atoms with Crippen LogP contribution in [0, 0.1) is 5.92 Å². The van der Waals surface area contributed by atoms with E-state index in [1.54, 1.807) is 12.1 Å². The topological polar surface area (TPSA) is 66.0 Å². The molecule has 0 aromatic heterocycles. The molecule has 2 aliphatic heterocycles. The number of ether oxygens (including phenoxy) is 1. The summed E-state index contributed by atoms with van der Waals surface area (Å²) in [5, 5.41) is 6.24. The second kappa shape index (κ2) is 14.1. The summed E-state index contributed by atoms with van der Waals surface area (Å²) in [5.41, 5.74) is 3.60. The zero-order valence-electron chi connectivity index (χ0n) is 24.9. The van der Waals surface area contributed by atoms with Gasteiger partial charge < -0.3 is 15.4 Å². The third kappa shape index (κ3) is 8.45. The number of rotatable bonds is 8. The molecule has 1 fully saturated rings. The lowest BCUT2D eigenvalue weighted by molar-refractivity contribution is -0.137. The third-order valence-corrected chi connectivity index (χ3v) is 7.69. The molecule has 5 rings (SSSR count). The summed E-state index contributed by atoms with van der Waals surface area (Å²) < 4.78 is 44.8. The maximum atomic E-state index is 13.1. The number of aliphatic imine (C=N–C) groups is 1. The predicted octanol–water partition coefficient (Wildman–Crippen LogP) is 7.37. The van der Waals surface area contributed by atoms with Gasteiger partial charge >= 0.3 is 6.18 Å². The highest BCUT2D eigenvalue weighted by atomic mass is 19.4. The number of morpholine rings is 1. The van der Waals surface area contributed by atoms with E-state index in [9.17, 15) is 18.0 Å². The lowest BCUT2D eigenvalue weighted by Crippen LogP contribution is -2.35. The number of nitrogens with one attached hydrogen (secondary N) is 2. The molecule has 9 heteroatoms. The Kier molecular flexibility index (Phi) is 9.97. The van der Waals surface area contributed by atoms with Crippen LogP contribution in [0.1, 0.15) is 58.9 Å². The Bertz CT molecular complexity index is 1540. The van der Waals surface area contributed by atoms with Crippen LogP contribution in [0.5, 0.6) is 0 Å². The first kappa shape index (κ1) is 31.2. The van der Waals surface area contributed by atoms with Gasteiger partial charge in [0.05, 0.1) is 30.5 Å². The monoisotopic (exact) mass is 602 g/mol. The van der Waals surface area contributed by atoms with Gasteiger partial charge in [-0.15, -0.1) is 0 Å². The Balaban J connectivity index is 1.28. The summed E-state index contributed by atoms with van der Waals surface area (Å²) in [6.07, 6.45) is 2.69. The Labute approximate surface area is 256 Å². The molecule has 0 aliphatic carbocycles. The van der Waals surface area contributed by atoms with Crippen molar-refractivity contribution in [1.29, 1.82) is 0 Å². The number of halogens is 3. The van der Waals surface area contributed by atoms with Gasteiger partial charge in [0.25, 0.3) is 5.91 Å². The largest absolute Gasteiger partial charge is 0.416 e. The molecule has 1 unspecified atom stereocenters. The smallest absolute Gasteiger partial charge is 0.379 e. The molecule has 0 spiro atoms. The number of carbonyl (C=O) groups is 1. The second-order valence-corrected chi connectivity index (χ2v) is 11.3. The fourth-order valence-corrected chi connectivity index (χ4v) is 5.21. The third-order valence-electron chi connectivity index (χ3n) is 7.69. The molecule has 1 saturated heterocycles. The van der Waals surface area contributed by atoms with E-state index in [0.29, 0.717) is 5.69 Å². The molecule has 2 N–H and O–H groups in total. The van der Waals surface area contributed by atoms with Gasteiger partial charge in [-0.1, -0.05) is 55.5 Å². The number of hydrogen-bond donors (Lipinski definition) is 2. The van der Waals surface area contributed by atoms with Crippen LogP contribution in [0.2, 0.25) is 0 Å². The van der Waals surface area contributed by atoms with E-state index in [0.717, 1.165) is 74.1 Å². The van der Waals surface area contributed by atoms with Crippen molar-refractivity contribution in [1.82, 2.24) is 10.2 Å². The first-order valence-corrected chi connectivity index (χ1v) is 14.9. The number of nitrogens with zero attached hydrogens (tertiary/aromatic N) is 2. The number of alkyl halides is 3. The zero-order valence-corrected chi connectivity index (χ0v) is 24.9. The summed E-state index contributed by atoms with van der Waals surface area (Å²) >= 11 is 0. The van der Waals surface area contributed by atoms with Crippen LogP contribution < -0.4 is 10.6 Å². The molecule has 0 bridgehead atoms. The van der Waals surface area contributed by atoms with Crippen LogP contribution in [0.25, 0.3) is 0 Å². The summed E-state index contributed by atoms with van der Waals surface area (Å²) in [7, 11) is 0. The lowest BCUT2D eigenvalue weighted by Gasteiger charge is -2.26. The molecular formula is C35H37F3N4O2. The average molecular weight is 603 g/mol. The fraction of sp³-hybridized carbons (Fsp3) is 0.314. The second-order valence-electron chi connectivity index (χ2n) is 11.3. The number of anilines is 1. The Morgan fingerprint density at radius 3 is 2.55 bits per heavy atom. The van der Waals surface area contributed by atoms with Gasteiger partial charge in [0, 0.05) is 36.4 Å². The van der Waals surface area contributed by atoms with Gasteiger partial charge in [-0.25, -0.2) is 4.99 Å². The number of hydrogen-bond acceptors (Lipinski definition) is 5. The van der Waals surface area contributed by atoms with E-state index in [-0.39, 0.29) is 17.5 Å². The van der Waals surface area contributed by atoms with Crippen LogP contribution in [-0.2, 0) is 17.5 Å². The van der Waals surface area contributed by atoms with E-state index in [4.69, 9.17) is 9.73 Å². The molecule has 1 amide bonds. The quantitative estimate of drug-likeness (QED) is 0.283. The highest BCUT2D eigenvalue weighted by Gasteiger charge is 2.31. The van der Waals surface area contributed by atoms with Gasteiger partial charge in [0.15, 0.2) is 0 Å². The molecule has 6 nitrogen and oxygen atoms in total. The van der Waals surface area contributed by atoms with E-state index in [1.807, 2.05) is 19.1 Å². The highest BCUT2D eigenvalue weighted by Crippen LogP contribution is 2.30. The van der Waals surface area contributed by atoms with Crippen molar-refractivity contribution >= 4 is 17.3 Å². The minimum Gasteiger partial charge on any atom is -0.379 e. The standard InChI is InChI=1S/C35H37F3N4O2/c1-24-6-3-11-32(27-14-12-26(13-15-27)23-42-16-18-44-19-17-42)41-33(20-24)39-25(2)28-7-5-10-31(22-28)40-34(43)29-8-4-9-30(21-29)35(36,37)38/h3-5,7-15,20-22,24-25,39H,6,16-19,23H2,1-2H3,(H,40,43)/b11-3+,33-20-,41-32-/t24?,25-/m0/s1. The number of amides is 1. The Morgan fingerprint density at radius 1 is 1.05 bits per heavy atom. The van der Waals surface area contributed by atoms with Crippen LogP contribution in [0.4, 0.5) is 18.9 Å². The first-order chi connectivity index (χ1) is 21.1. The SMILES string of the molecule is CC1\C=C(N[C@@H](C)c2cccc(NC(=O)c3cccc(C(F)(F)F)c3)c2)/N=C(c2ccc(CN3CCOCC3)cc2)/C=C/C1. The molecule has 0 saturated carbocycles. The van der Waals surface area contributed by atoms with Gasteiger partial charge in [0.1, 0.15) is 5.82 Å². The number of allylic oxidation sites excluding steroid dienone is 3. The van der Waals surface area contributed by atoms with Crippen LogP contribution in [-0.4, -0.2) is 42.8 Å². The molecule has 2 aliphatic rings. The first-order valence-electron chi connectivity index (χ1n) is 14.9.